The van der Waals surface area contributed by atoms with E-state index in [9.17, 15) is 0 Å². The molecule has 0 spiro atoms. The van der Waals surface area contributed by atoms with Gasteiger partial charge in [-0.3, -0.25) is 0 Å². The van der Waals surface area contributed by atoms with Gasteiger partial charge in [0.15, 0.2) is 0 Å². The lowest BCUT2D eigenvalue weighted by Crippen LogP contribution is -2.13. The number of benzene rings is 2. The zero-order valence-corrected chi connectivity index (χ0v) is 12.5. The van der Waals surface area contributed by atoms with Gasteiger partial charge in [-0.25, -0.2) is 0 Å². The molecule has 2 atom stereocenters. The van der Waals surface area contributed by atoms with E-state index in [1.165, 1.54) is 11.8 Å². The molecule has 1 aliphatic heterocycles. The molecule has 2 aromatic carbocycles. The second-order valence-electron chi connectivity index (χ2n) is 5.77. The van der Waals surface area contributed by atoms with Crippen LogP contribution in [-0.4, -0.2) is 19.3 Å². The van der Waals surface area contributed by atoms with E-state index in [0.29, 0.717) is 12.7 Å². The predicted octanol–water partition coefficient (Wildman–Crippen LogP) is 3.81. The molecule has 0 aromatic heterocycles. The average Bonchev–Trinajstić information content (AvgIpc) is 3.00. The molecule has 0 amide bonds. The van der Waals surface area contributed by atoms with Gasteiger partial charge in [-0.15, -0.1) is 0 Å². The molecule has 21 heavy (non-hydrogen) atoms. The Labute approximate surface area is 126 Å². The van der Waals surface area contributed by atoms with Gasteiger partial charge in [0.1, 0.15) is 5.75 Å². The summed E-state index contributed by atoms with van der Waals surface area (Å²) in [6, 6.07) is 12.4. The third kappa shape index (κ3) is 3.20. The summed E-state index contributed by atoms with van der Waals surface area (Å²) >= 11 is 0. The Kier molecular flexibility index (Phi) is 4.42. The molecule has 1 heterocycles. The van der Waals surface area contributed by atoms with Crippen LogP contribution in [0.5, 0.6) is 5.75 Å². The molecule has 2 aromatic rings. The van der Waals surface area contributed by atoms with Gasteiger partial charge in [0, 0.05) is 30.0 Å². The number of rotatable bonds is 5. The zero-order chi connectivity index (χ0) is 14.7. The van der Waals surface area contributed by atoms with E-state index in [1.807, 2.05) is 19.1 Å². The molecule has 112 valence electrons. The topological polar surface area (TPSA) is 44.5 Å². The minimum atomic E-state index is -0.0349. The number of fused-ring (bicyclic) bond motifs is 1. The maximum absolute atomic E-state index is 6.11. The van der Waals surface area contributed by atoms with Crippen molar-refractivity contribution in [2.24, 2.45) is 5.73 Å². The molecule has 0 saturated carbocycles. The molecule has 3 nitrogen and oxygen atoms in total. The highest BCUT2D eigenvalue weighted by atomic mass is 16.5. The fourth-order valence-corrected chi connectivity index (χ4v) is 2.94. The quantitative estimate of drug-likeness (QED) is 0.908. The van der Waals surface area contributed by atoms with Gasteiger partial charge >= 0.3 is 0 Å². The Hall–Kier alpha value is -1.58. The Balaban J connectivity index is 1.82. The van der Waals surface area contributed by atoms with E-state index in [1.54, 1.807) is 0 Å². The van der Waals surface area contributed by atoms with Crippen LogP contribution in [0.15, 0.2) is 36.4 Å². The van der Waals surface area contributed by atoms with Gasteiger partial charge in [-0.05, 0) is 25.2 Å². The van der Waals surface area contributed by atoms with Crippen LogP contribution in [0.4, 0.5) is 0 Å². The molecule has 1 fully saturated rings. The van der Waals surface area contributed by atoms with Crippen LogP contribution in [0.1, 0.15) is 37.8 Å². The predicted molar refractivity (Wildman–Crippen MR) is 85.6 cm³/mol. The second kappa shape index (κ2) is 6.46. The highest BCUT2D eigenvalue weighted by molar-refractivity contribution is 5.89. The van der Waals surface area contributed by atoms with Gasteiger partial charge in [0.05, 0.1) is 12.7 Å². The van der Waals surface area contributed by atoms with Crippen molar-refractivity contribution in [2.45, 2.75) is 38.3 Å². The fraction of sp³-hybridized carbons (Fsp3) is 0.444. The van der Waals surface area contributed by atoms with Crippen LogP contribution in [0, 0.1) is 0 Å². The number of ether oxygens (including phenoxy) is 2. The summed E-state index contributed by atoms with van der Waals surface area (Å²) in [6.07, 6.45) is 3.63. The van der Waals surface area contributed by atoms with Gasteiger partial charge < -0.3 is 15.2 Å². The molecule has 2 N–H and O–H groups in total. The van der Waals surface area contributed by atoms with Crippen molar-refractivity contribution < 1.29 is 9.47 Å². The Morgan fingerprint density at radius 2 is 2.14 bits per heavy atom. The molecule has 0 aliphatic carbocycles. The van der Waals surface area contributed by atoms with Crippen molar-refractivity contribution >= 4 is 10.8 Å². The summed E-state index contributed by atoms with van der Waals surface area (Å²) in [5.41, 5.74) is 7.17. The monoisotopic (exact) mass is 285 g/mol. The fourth-order valence-electron chi connectivity index (χ4n) is 2.94. The van der Waals surface area contributed by atoms with Crippen LogP contribution in [0.2, 0.25) is 0 Å². The van der Waals surface area contributed by atoms with E-state index in [-0.39, 0.29) is 6.04 Å². The molecule has 1 unspecified atom stereocenters. The van der Waals surface area contributed by atoms with Gasteiger partial charge in [0.25, 0.3) is 0 Å². The Morgan fingerprint density at radius 3 is 2.90 bits per heavy atom. The molecule has 1 aliphatic rings. The van der Waals surface area contributed by atoms with Crippen LogP contribution < -0.4 is 10.5 Å². The van der Waals surface area contributed by atoms with E-state index in [4.69, 9.17) is 15.2 Å². The normalized spacial score (nSPS) is 19.8. The van der Waals surface area contributed by atoms with Crippen molar-refractivity contribution in [3.8, 4) is 5.75 Å². The molecular weight excluding hydrogens is 262 g/mol. The molecule has 3 rings (SSSR count). The smallest absolute Gasteiger partial charge is 0.131 e. The van der Waals surface area contributed by atoms with Crippen molar-refractivity contribution in [3.63, 3.8) is 0 Å². The third-order valence-electron chi connectivity index (χ3n) is 4.11. The van der Waals surface area contributed by atoms with E-state index >= 15 is 0 Å². The zero-order valence-electron chi connectivity index (χ0n) is 12.5. The lowest BCUT2D eigenvalue weighted by molar-refractivity contribution is 0.0904. The largest absolute Gasteiger partial charge is 0.492 e. The summed E-state index contributed by atoms with van der Waals surface area (Å²) in [5, 5.41) is 2.33. The maximum atomic E-state index is 6.11. The average molecular weight is 285 g/mol. The van der Waals surface area contributed by atoms with Crippen molar-refractivity contribution in [3.05, 3.63) is 42.0 Å². The number of hydrogen-bond acceptors (Lipinski definition) is 3. The standard InChI is InChI=1S/C18H23NO2/c1-13(19)16-9-8-14-5-2-3-7-17(14)18(16)21-12-10-15-6-4-11-20-15/h2-3,5,7-9,13,15H,4,6,10-12,19H2,1H3/t13-,15?/m0/s1. The Bertz CT molecular complexity index is 603. The summed E-state index contributed by atoms with van der Waals surface area (Å²) in [4.78, 5) is 0. The van der Waals surface area contributed by atoms with Crippen LogP contribution >= 0.6 is 0 Å². The molecule has 1 saturated heterocycles. The maximum Gasteiger partial charge on any atom is 0.131 e. The van der Waals surface area contributed by atoms with E-state index in [2.05, 4.69) is 24.3 Å². The first kappa shape index (κ1) is 14.4. The van der Waals surface area contributed by atoms with Crippen LogP contribution in [0.3, 0.4) is 0 Å². The SMILES string of the molecule is C[C@H](N)c1ccc2ccccc2c1OCCC1CCCO1. The first-order chi connectivity index (χ1) is 10.3. The third-order valence-corrected chi connectivity index (χ3v) is 4.11. The van der Waals surface area contributed by atoms with Crippen LogP contribution in [-0.2, 0) is 4.74 Å². The number of nitrogens with two attached hydrogens (primary N) is 1. The minimum Gasteiger partial charge on any atom is -0.492 e. The number of hydrogen-bond donors (Lipinski definition) is 1. The van der Waals surface area contributed by atoms with Gasteiger partial charge in [-0.2, -0.15) is 0 Å². The molecular formula is C18H23NO2. The van der Waals surface area contributed by atoms with Crippen molar-refractivity contribution in [1.82, 2.24) is 0 Å². The first-order valence-corrected chi connectivity index (χ1v) is 7.77. The highest BCUT2D eigenvalue weighted by Gasteiger charge is 2.17. The minimum absolute atomic E-state index is 0.0349. The van der Waals surface area contributed by atoms with Crippen molar-refractivity contribution in [2.75, 3.05) is 13.2 Å². The van der Waals surface area contributed by atoms with Crippen molar-refractivity contribution in [1.29, 1.82) is 0 Å². The second-order valence-corrected chi connectivity index (χ2v) is 5.77. The van der Waals surface area contributed by atoms with Gasteiger partial charge in [-0.1, -0.05) is 36.4 Å². The van der Waals surface area contributed by atoms with E-state index < -0.39 is 0 Å². The van der Waals surface area contributed by atoms with Crippen LogP contribution in [0.25, 0.3) is 10.8 Å². The molecule has 0 bridgehead atoms. The Morgan fingerprint density at radius 1 is 1.29 bits per heavy atom. The highest BCUT2D eigenvalue weighted by Crippen LogP contribution is 2.33. The summed E-state index contributed by atoms with van der Waals surface area (Å²) in [6.45, 7) is 3.57. The lowest BCUT2D eigenvalue weighted by atomic mass is 10.0. The van der Waals surface area contributed by atoms with E-state index in [0.717, 1.165) is 36.1 Å². The summed E-state index contributed by atoms with van der Waals surface area (Å²) in [7, 11) is 0. The first-order valence-electron chi connectivity index (χ1n) is 7.77. The molecule has 0 radical (unpaired) electrons. The summed E-state index contributed by atoms with van der Waals surface area (Å²) < 4.78 is 11.8. The van der Waals surface area contributed by atoms with Gasteiger partial charge in [0.2, 0.25) is 0 Å². The lowest BCUT2D eigenvalue weighted by Gasteiger charge is -2.18. The summed E-state index contributed by atoms with van der Waals surface area (Å²) in [5.74, 6) is 0.932. The molecule has 3 heteroatoms.